The molecule has 1 atom stereocenters. The normalized spacial score (nSPS) is 16.7. The quantitative estimate of drug-likeness (QED) is 0.217. The number of β-amino-alcohol motifs (C(OH)–C–C–N with tert-alkyl or cyclic N) is 1. The van der Waals surface area contributed by atoms with E-state index in [1.54, 1.807) is 24.9 Å². The van der Waals surface area contributed by atoms with Gasteiger partial charge in [0.2, 0.25) is 0 Å². The molecule has 1 unspecified atom stereocenters. The number of nitrogens with zero attached hydrogens (tertiary/aromatic N) is 2. The van der Waals surface area contributed by atoms with Crippen LogP contribution in [0.25, 0.3) is 0 Å². The molecule has 0 bridgehead atoms. The summed E-state index contributed by atoms with van der Waals surface area (Å²) < 4.78 is 0. The SMILES string of the molecule is C\C=C/C(=C\C=N/C(O)CN1CNC(NC)=C1C(=O)NC)C(=O)O. The highest BCUT2D eigenvalue weighted by Gasteiger charge is 2.28. The van der Waals surface area contributed by atoms with Crippen LogP contribution in [0, 0.1) is 0 Å². The fourth-order valence-electron chi connectivity index (χ4n) is 2.08. The number of carboxylic acids is 1. The number of hydrogen-bond acceptors (Lipinski definition) is 7. The summed E-state index contributed by atoms with van der Waals surface area (Å²) in [5, 5.41) is 27.4. The molecular formula is C15H23N5O4. The number of nitrogens with one attached hydrogen (secondary N) is 3. The minimum absolute atomic E-state index is 0.0553. The maximum atomic E-state index is 11.9. The predicted octanol–water partition coefficient (Wildman–Crippen LogP) is -1.04. The summed E-state index contributed by atoms with van der Waals surface area (Å²) in [6, 6.07) is 0. The number of likely N-dealkylation sites (N-methyl/N-ethyl adjacent to an activating group) is 1. The topological polar surface area (TPSA) is 126 Å². The van der Waals surface area contributed by atoms with Crippen LogP contribution in [0.1, 0.15) is 6.92 Å². The minimum atomic E-state index is -1.11. The number of amides is 1. The maximum Gasteiger partial charge on any atom is 0.335 e. The molecule has 0 fully saturated rings. The Morgan fingerprint density at radius 2 is 2.17 bits per heavy atom. The van der Waals surface area contributed by atoms with Crippen LogP contribution >= 0.6 is 0 Å². The highest BCUT2D eigenvalue weighted by Crippen LogP contribution is 2.14. The lowest BCUT2D eigenvalue weighted by molar-refractivity contribution is -0.132. The lowest BCUT2D eigenvalue weighted by Crippen LogP contribution is -2.36. The molecule has 1 aliphatic heterocycles. The lowest BCUT2D eigenvalue weighted by atomic mass is 10.2. The second kappa shape index (κ2) is 9.36. The third-order valence-corrected chi connectivity index (χ3v) is 3.18. The Bertz CT molecular complexity index is 595. The molecule has 24 heavy (non-hydrogen) atoms. The number of carbonyl (C=O) groups is 2. The average molecular weight is 337 g/mol. The number of aliphatic hydroxyl groups is 1. The molecule has 0 saturated heterocycles. The van der Waals surface area contributed by atoms with Crippen LogP contribution in [0.4, 0.5) is 0 Å². The Morgan fingerprint density at radius 1 is 1.46 bits per heavy atom. The van der Waals surface area contributed by atoms with Gasteiger partial charge in [0, 0.05) is 20.3 Å². The van der Waals surface area contributed by atoms with Crippen molar-refractivity contribution in [2.45, 2.75) is 13.2 Å². The van der Waals surface area contributed by atoms with Crippen molar-refractivity contribution in [3.63, 3.8) is 0 Å². The number of rotatable bonds is 8. The van der Waals surface area contributed by atoms with Crippen molar-refractivity contribution in [2.75, 3.05) is 27.3 Å². The van der Waals surface area contributed by atoms with E-state index in [0.29, 0.717) is 18.2 Å². The van der Waals surface area contributed by atoms with Crippen molar-refractivity contribution in [1.29, 1.82) is 0 Å². The average Bonchev–Trinajstić information content (AvgIpc) is 2.95. The van der Waals surface area contributed by atoms with E-state index in [1.807, 2.05) is 0 Å². The first-order valence-electron chi connectivity index (χ1n) is 7.35. The van der Waals surface area contributed by atoms with Crippen molar-refractivity contribution in [3.8, 4) is 0 Å². The maximum absolute atomic E-state index is 11.9. The van der Waals surface area contributed by atoms with Crippen LogP contribution in [0.3, 0.4) is 0 Å². The molecule has 1 amide bonds. The van der Waals surface area contributed by atoms with E-state index in [9.17, 15) is 14.7 Å². The molecule has 1 rings (SSSR count). The summed E-state index contributed by atoms with van der Waals surface area (Å²) in [7, 11) is 3.20. The molecular weight excluding hydrogens is 314 g/mol. The van der Waals surface area contributed by atoms with Gasteiger partial charge in [0.15, 0.2) is 6.23 Å². The molecule has 0 aromatic heterocycles. The summed E-state index contributed by atoms with van der Waals surface area (Å²) in [5.74, 6) is -0.811. The van der Waals surface area contributed by atoms with Crippen molar-refractivity contribution in [1.82, 2.24) is 20.9 Å². The van der Waals surface area contributed by atoms with Gasteiger partial charge in [-0.2, -0.15) is 0 Å². The van der Waals surface area contributed by atoms with Crippen molar-refractivity contribution in [3.05, 3.63) is 35.3 Å². The molecule has 5 N–H and O–H groups in total. The number of carbonyl (C=O) groups excluding carboxylic acids is 1. The second-order valence-electron chi connectivity index (χ2n) is 4.82. The number of aliphatic imine (C=N–C) groups is 1. The Kier molecular flexibility index (Phi) is 7.50. The van der Waals surface area contributed by atoms with E-state index in [0.717, 1.165) is 0 Å². The Morgan fingerprint density at radius 3 is 2.71 bits per heavy atom. The first-order valence-corrected chi connectivity index (χ1v) is 7.35. The molecule has 0 saturated carbocycles. The Labute approximate surface area is 140 Å². The first kappa shape index (κ1) is 19.2. The monoisotopic (exact) mass is 337 g/mol. The summed E-state index contributed by atoms with van der Waals surface area (Å²) >= 11 is 0. The van der Waals surface area contributed by atoms with Crippen LogP contribution in [-0.4, -0.2) is 66.7 Å². The highest BCUT2D eigenvalue weighted by atomic mass is 16.4. The standard InChI is InChI=1S/C15H23N5O4/c1-4-5-10(15(23)24)6-7-18-11(21)8-20-9-19-13(16-2)12(20)14(22)17-3/h4-7,11,16,19,21H,8-9H2,1-3H3,(H,17,22)(H,23,24)/b5-4-,10-6+,18-7-. The summed E-state index contributed by atoms with van der Waals surface area (Å²) in [6.07, 6.45) is 4.44. The van der Waals surface area contributed by atoms with Crippen molar-refractivity contribution >= 4 is 18.1 Å². The zero-order valence-electron chi connectivity index (χ0n) is 13.9. The molecule has 1 aliphatic rings. The summed E-state index contributed by atoms with van der Waals surface area (Å²) in [6.45, 7) is 2.13. The number of hydrogen-bond donors (Lipinski definition) is 5. The third-order valence-electron chi connectivity index (χ3n) is 3.18. The van der Waals surface area contributed by atoms with Gasteiger partial charge in [-0.25, -0.2) is 4.79 Å². The molecule has 132 valence electrons. The highest BCUT2D eigenvalue weighted by molar-refractivity contribution is 5.95. The van der Waals surface area contributed by atoms with E-state index in [-0.39, 0.29) is 18.0 Å². The lowest BCUT2D eigenvalue weighted by Gasteiger charge is -2.21. The molecule has 0 aromatic rings. The van der Waals surface area contributed by atoms with Gasteiger partial charge in [-0.1, -0.05) is 12.2 Å². The van der Waals surface area contributed by atoms with E-state index in [2.05, 4.69) is 20.9 Å². The van der Waals surface area contributed by atoms with Gasteiger partial charge in [0.1, 0.15) is 11.5 Å². The fourth-order valence-corrected chi connectivity index (χ4v) is 2.08. The molecule has 9 heteroatoms. The number of allylic oxidation sites excluding steroid dienone is 2. The largest absolute Gasteiger partial charge is 0.478 e. The van der Waals surface area contributed by atoms with Crippen molar-refractivity contribution in [2.24, 2.45) is 4.99 Å². The van der Waals surface area contributed by atoms with E-state index in [1.165, 1.54) is 25.4 Å². The van der Waals surface area contributed by atoms with Gasteiger partial charge in [-0.05, 0) is 13.0 Å². The van der Waals surface area contributed by atoms with Crippen LogP contribution in [0.5, 0.6) is 0 Å². The molecule has 9 nitrogen and oxygen atoms in total. The Balaban J connectivity index is 2.77. The molecule has 0 radical (unpaired) electrons. The third kappa shape index (κ3) is 5.13. The fraction of sp³-hybridized carbons (Fsp3) is 0.400. The van der Waals surface area contributed by atoms with Gasteiger partial charge in [-0.3, -0.25) is 9.79 Å². The Hall–Kier alpha value is -2.81. The zero-order chi connectivity index (χ0) is 18.1. The van der Waals surface area contributed by atoms with Gasteiger partial charge < -0.3 is 31.1 Å². The van der Waals surface area contributed by atoms with Gasteiger partial charge >= 0.3 is 5.97 Å². The van der Waals surface area contributed by atoms with Gasteiger partial charge in [0.25, 0.3) is 5.91 Å². The van der Waals surface area contributed by atoms with Gasteiger partial charge in [-0.15, -0.1) is 0 Å². The summed E-state index contributed by atoms with van der Waals surface area (Å²) in [5.41, 5.74) is 0.435. The number of carboxylic acid groups (broad SMARTS) is 1. The van der Waals surface area contributed by atoms with Gasteiger partial charge in [0.05, 0.1) is 18.8 Å². The first-order chi connectivity index (χ1) is 11.4. The predicted molar refractivity (Wildman–Crippen MR) is 89.9 cm³/mol. The van der Waals surface area contributed by atoms with E-state index >= 15 is 0 Å². The van der Waals surface area contributed by atoms with Crippen LogP contribution in [-0.2, 0) is 9.59 Å². The zero-order valence-corrected chi connectivity index (χ0v) is 13.9. The molecule has 1 heterocycles. The van der Waals surface area contributed by atoms with Crippen molar-refractivity contribution < 1.29 is 19.8 Å². The molecule has 0 aromatic carbocycles. The molecule has 0 aliphatic carbocycles. The summed E-state index contributed by atoms with van der Waals surface area (Å²) in [4.78, 5) is 28.4. The molecule has 0 spiro atoms. The minimum Gasteiger partial charge on any atom is -0.478 e. The second-order valence-corrected chi connectivity index (χ2v) is 4.82. The number of aliphatic carboxylic acids is 1. The van der Waals surface area contributed by atoms with E-state index in [4.69, 9.17) is 5.11 Å². The number of aliphatic hydroxyl groups excluding tert-OH is 1. The van der Waals surface area contributed by atoms with Crippen LogP contribution < -0.4 is 16.0 Å². The van der Waals surface area contributed by atoms with E-state index < -0.39 is 12.2 Å². The van der Waals surface area contributed by atoms with Crippen LogP contribution in [0.15, 0.2) is 40.3 Å². The van der Waals surface area contributed by atoms with Crippen LogP contribution in [0.2, 0.25) is 0 Å². The smallest absolute Gasteiger partial charge is 0.335 e.